The van der Waals surface area contributed by atoms with Crippen LogP contribution in [0.25, 0.3) is 0 Å². The van der Waals surface area contributed by atoms with Crippen LogP contribution in [-0.4, -0.2) is 28.8 Å². The molecule has 0 radical (unpaired) electrons. The minimum Gasteiger partial charge on any atom is -0.478 e. The molecule has 2 N–H and O–H groups in total. The normalized spacial score (nSPS) is 13.0. The highest BCUT2D eigenvalue weighted by Crippen LogP contribution is 2.13. The lowest BCUT2D eigenvalue weighted by molar-refractivity contribution is -0.132. The summed E-state index contributed by atoms with van der Waals surface area (Å²) in [4.78, 5) is 22.3. The summed E-state index contributed by atoms with van der Waals surface area (Å²) in [5.41, 5.74) is -0.500. The molecule has 0 aliphatic carbocycles. The summed E-state index contributed by atoms with van der Waals surface area (Å²) >= 11 is 0. The van der Waals surface area contributed by atoms with Gasteiger partial charge in [-0.3, -0.25) is 0 Å². The van der Waals surface area contributed by atoms with Gasteiger partial charge in [0, 0.05) is 11.6 Å². The summed E-state index contributed by atoms with van der Waals surface area (Å²) in [6, 6.07) is -0.302. The highest BCUT2D eigenvalue weighted by atomic mass is 16.6. The molecular weight excluding hydrogens is 234 g/mol. The first-order valence-corrected chi connectivity index (χ1v) is 5.93. The molecule has 0 fully saturated rings. The first-order chi connectivity index (χ1) is 8.03. The Kier molecular flexibility index (Phi) is 5.88. The van der Waals surface area contributed by atoms with Crippen molar-refractivity contribution in [1.29, 1.82) is 0 Å². The van der Waals surface area contributed by atoms with E-state index in [9.17, 15) is 9.59 Å². The van der Waals surface area contributed by atoms with Crippen LogP contribution in [0.3, 0.4) is 0 Å². The molecule has 104 valence electrons. The summed E-state index contributed by atoms with van der Waals surface area (Å²) in [7, 11) is 0. The average molecular weight is 257 g/mol. The van der Waals surface area contributed by atoms with Gasteiger partial charge in [0.2, 0.25) is 0 Å². The molecule has 0 saturated heterocycles. The van der Waals surface area contributed by atoms with Gasteiger partial charge in [0.15, 0.2) is 0 Å². The first kappa shape index (κ1) is 16.5. The van der Waals surface area contributed by atoms with E-state index in [0.29, 0.717) is 0 Å². The largest absolute Gasteiger partial charge is 0.478 e. The Bertz CT molecular complexity index is 328. The third kappa shape index (κ3) is 6.93. The fourth-order valence-electron chi connectivity index (χ4n) is 1.27. The molecule has 1 amide bonds. The Morgan fingerprint density at radius 3 is 2.17 bits per heavy atom. The summed E-state index contributed by atoms with van der Waals surface area (Å²) in [6.45, 7) is 12.6. The smallest absolute Gasteiger partial charge is 0.407 e. The Labute approximate surface area is 108 Å². The zero-order valence-corrected chi connectivity index (χ0v) is 11.7. The number of hydrogen-bond acceptors (Lipinski definition) is 3. The summed E-state index contributed by atoms with van der Waals surface area (Å²) < 4.78 is 5.13. The summed E-state index contributed by atoms with van der Waals surface area (Å²) in [5, 5.41) is 11.5. The number of amides is 1. The molecule has 5 heteroatoms. The monoisotopic (exact) mass is 257 g/mol. The van der Waals surface area contributed by atoms with Gasteiger partial charge in [-0.05, 0) is 33.1 Å². The van der Waals surface area contributed by atoms with Crippen molar-refractivity contribution in [3.63, 3.8) is 0 Å². The third-order valence-corrected chi connectivity index (χ3v) is 2.28. The molecule has 0 bridgehead atoms. The molecule has 0 heterocycles. The van der Waals surface area contributed by atoms with Crippen molar-refractivity contribution in [3.05, 3.63) is 12.2 Å². The SMILES string of the molecule is C=C(C[C@H](NC(=O)OC(C)(C)C)C(C)C)C(=O)O. The van der Waals surface area contributed by atoms with Gasteiger partial charge in [-0.1, -0.05) is 20.4 Å². The van der Waals surface area contributed by atoms with Gasteiger partial charge in [-0.15, -0.1) is 0 Å². The Balaban J connectivity index is 4.50. The van der Waals surface area contributed by atoms with Crippen LogP contribution in [0.4, 0.5) is 4.79 Å². The Morgan fingerprint density at radius 1 is 1.33 bits per heavy atom. The van der Waals surface area contributed by atoms with E-state index in [1.54, 1.807) is 20.8 Å². The van der Waals surface area contributed by atoms with Crippen molar-refractivity contribution in [3.8, 4) is 0 Å². The molecular formula is C13H23NO4. The van der Waals surface area contributed by atoms with Crippen LogP contribution in [0.2, 0.25) is 0 Å². The van der Waals surface area contributed by atoms with Crippen molar-refractivity contribution < 1.29 is 19.4 Å². The van der Waals surface area contributed by atoms with E-state index in [1.165, 1.54) is 0 Å². The molecule has 1 atom stereocenters. The molecule has 0 saturated carbocycles. The number of carbonyl (C=O) groups excluding carboxylic acids is 1. The number of ether oxygens (including phenoxy) is 1. The van der Waals surface area contributed by atoms with Gasteiger partial charge in [0.05, 0.1) is 0 Å². The molecule has 0 spiro atoms. The zero-order valence-electron chi connectivity index (χ0n) is 11.7. The molecule has 0 aromatic rings. The first-order valence-electron chi connectivity index (χ1n) is 5.93. The second kappa shape index (κ2) is 6.42. The van der Waals surface area contributed by atoms with Crippen molar-refractivity contribution in [2.24, 2.45) is 5.92 Å². The highest BCUT2D eigenvalue weighted by Gasteiger charge is 2.23. The lowest BCUT2D eigenvalue weighted by atomic mass is 9.97. The van der Waals surface area contributed by atoms with Crippen LogP contribution in [0, 0.1) is 5.92 Å². The Hall–Kier alpha value is -1.52. The molecule has 0 aromatic carbocycles. The maximum Gasteiger partial charge on any atom is 0.407 e. The van der Waals surface area contributed by atoms with Gasteiger partial charge < -0.3 is 15.2 Å². The van der Waals surface area contributed by atoms with E-state index in [-0.39, 0.29) is 24.0 Å². The quantitative estimate of drug-likeness (QED) is 0.742. The third-order valence-electron chi connectivity index (χ3n) is 2.28. The average Bonchev–Trinajstić information content (AvgIpc) is 2.12. The zero-order chi connectivity index (χ0) is 14.5. The minimum atomic E-state index is -1.05. The molecule has 0 rings (SSSR count). The van der Waals surface area contributed by atoms with Crippen LogP contribution < -0.4 is 5.32 Å². The van der Waals surface area contributed by atoms with Crippen molar-refractivity contribution in [1.82, 2.24) is 5.32 Å². The molecule has 5 nitrogen and oxygen atoms in total. The van der Waals surface area contributed by atoms with E-state index in [0.717, 1.165) is 0 Å². The molecule has 0 aliphatic heterocycles. The Morgan fingerprint density at radius 2 is 1.83 bits per heavy atom. The molecule has 0 unspecified atom stereocenters. The number of carboxylic acids is 1. The molecule has 18 heavy (non-hydrogen) atoms. The van der Waals surface area contributed by atoms with Crippen LogP contribution in [-0.2, 0) is 9.53 Å². The number of carboxylic acid groups (broad SMARTS) is 1. The van der Waals surface area contributed by atoms with E-state index in [4.69, 9.17) is 9.84 Å². The number of aliphatic carboxylic acids is 1. The maximum atomic E-state index is 11.6. The van der Waals surface area contributed by atoms with Gasteiger partial charge in [-0.2, -0.15) is 0 Å². The lowest BCUT2D eigenvalue weighted by Gasteiger charge is -2.25. The van der Waals surface area contributed by atoms with Crippen LogP contribution >= 0.6 is 0 Å². The van der Waals surface area contributed by atoms with Gasteiger partial charge in [0.1, 0.15) is 5.60 Å². The van der Waals surface area contributed by atoms with E-state index in [2.05, 4.69) is 11.9 Å². The van der Waals surface area contributed by atoms with Gasteiger partial charge >= 0.3 is 12.1 Å². The van der Waals surface area contributed by atoms with Gasteiger partial charge in [0.25, 0.3) is 0 Å². The maximum absolute atomic E-state index is 11.6. The fraction of sp³-hybridized carbons (Fsp3) is 0.692. The molecule has 0 aromatic heterocycles. The summed E-state index contributed by atoms with van der Waals surface area (Å²) in [6.07, 6.45) is -0.342. The minimum absolute atomic E-state index is 0.0739. The number of rotatable bonds is 5. The highest BCUT2D eigenvalue weighted by molar-refractivity contribution is 5.85. The predicted molar refractivity (Wildman–Crippen MR) is 69.4 cm³/mol. The van der Waals surface area contributed by atoms with Gasteiger partial charge in [-0.25, -0.2) is 9.59 Å². The van der Waals surface area contributed by atoms with Crippen molar-refractivity contribution >= 4 is 12.1 Å². The predicted octanol–water partition coefficient (Wildman–Crippen LogP) is 2.57. The number of nitrogens with one attached hydrogen (secondary N) is 1. The standard InChI is InChI=1S/C13H23NO4/c1-8(2)10(7-9(3)11(15)16)14-12(17)18-13(4,5)6/h8,10H,3,7H2,1-2,4-6H3,(H,14,17)(H,15,16)/t10-/m0/s1. The van der Waals surface area contributed by atoms with Crippen molar-refractivity contribution in [2.45, 2.75) is 52.7 Å². The lowest BCUT2D eigenvalue weighted by Crippen LogP contribution is -2.42. The van der Waals surface area contributed by atoms with Crippen LogP contribution in [0.5, 0.6) is 0 Å². The van der Waals surface area contributed by atoms with Crippen LogP contribution in [0.15, 0.2) is 12.2 Å². The van der Waals surface area contributed by atoms with E-state index < -0.39 is 17.7 Å². The fourth-order valence-corrected chi connectivity index (χ4v) is 1.27. The second-order valence-corrected chi connectivity index (χ2v) is 5.61. The number of alkyl carbamates (subject to hydrolysis) is 1. The molecule has 0 aliphatic rings. The summed E-state index contributed by atoms with van der Waals surface area (Å²) in [5.74, 6) is -0.958. The van der Waals surface area contributed by atoms with E-state index in [1.807, 2.05) is 13.8 Å². The topological polar surface area (TPSA) is 75.6 Å². The second-order valence-electron chi connectivity index (χ2n) is 5.61. The van der Waals surface area contributed by atoms with Crippen LogP contribution in [0.1, 0.15) is 41.0 Å². The number of hydrogen-bond donors (Lipinski definition) is 2. The number of carbonyl (C=O) groups is 2. The van der Waals surface area contributed by atoms with E-state index >= 15 is 0 Å². The van der Waals surface area contributed by atoms with Crippen molar-refractivity contribution in [2.75, 3.05) is 0 Å².